The van der Waals surface area contributed by atoms with Crippen LogP contribution in [0.2, 0.25) is 0 Å². The van der Waals surface area contributed by atoms with Crippen molar-refractivity contribution in [1.82, 2.24) is 9.55 Å². The number of carbonyl (C=O) groups is 2. The summed E-state index contributed by atoms with van der Waals surface area (Å²) in [6, 6.07) is 16.8. The molecular weight excluding hydrogens is 428 g/mol. The standard InChI is InChI=1S/C23H22N4O4S/c1-27-21-20(22(30)26-23(27)32-13-14-5-3-2-4-6-14)17(11-19(29)25-21)15-7-9-16(10-8-15)31-12-18(24)28/h2-10,17H,11-13H2,1H3,(H2,24,28)(H,25,29)/t17-/m1/s1. The molecule has 0 saturated carbocycles. The highest BCUT2D eigenvalue weighted by Gasteiger charge is 2.32. The van der Waals surface area contributed by atoms with Gasteiger partial charge in [-0.3, -0.25) is 14.4 Å². The van der Waals surface area contributed by atoms with Gasteiger partial charge in [-0.25, -0.2) is 0 Å². The molecule has 3 aromatic rings. The van der Waals surface area contributed by atoms with Crippen LogP contribution in [0, 0.1) is 0 Å². The molecule has 4 rings (SSSR count). The molecule has 0 spiro atoms. The summed E-state index contributed by atoms with van der Waals surface area (Å²) in [6.45, 7) is -0.220. The Hall–Kier alpha value is -3.59. The lowest BCUT2D eigenvalue weighted by Crippen LogP contribution is -2.33. The summed E-state index contributed by atoms with van der Waals surface area (Å²) >= 11 is 1.44. The van der Waals surface area contributed by atoms with Crippen LogP contribution in [0.3, 0.4) is 0 Å². The first-order valence-electron chi connectivity index (χ1n) is 10.0. The number of nitrogens with zero attached hydrogens (tertiary/aromatic N) is 2. The van der Waals surface area contributed by atoms with E-state index < -0.39 is 11.8 Å². The van der Waals surface area contributed by atoms with Gasteiger partial charge in [-0.15, -0.1) is 0 Å². The van der Waals surface area contributed by atoms with Crippen LogP contribution >= 0.6 is 11.8 Å². The zero-order chi connectivity index (χ0) is 22.7. The SMILES string of the molecule is Cn1c(SCc2ccccc2)nc(=O)c2c1NC(=O)C[C@@H]2c1ccc(OCC(N)=O)cc1. The van der Waals surface area contributed by atoms with Crippen LogP contribution in [0.25, 0.3) is 0 Å². The Morgan fingerprint density at radius 3 is 2.59 bits per heavy atom. The monoisotopic (exact) mass is 450 g/mol. The third kappa shape index (κ3) is 4.67. The molecule has 2 heterocycles. The summed E-state index contributed by atoms with van der Waals surface area (Å²) in [5.41, 5.74) is 7.11. The number of fused-ring (bicyclic) bond motifs is 1. The van der Waals surface area contributed by atoms with Crippen LogP contribution in [0.4, 0.5) is 5.82 Å². The van der Waals surface area contributed by atoms with Gasteiger partial charge in [-0.05, 0) is 23.3 Å². The second kappa shape index (κ2) is 9.27. The van der Waals surface area contributed by atoms with Gasteiger partial charge in [0.1, 0.15) is 11.6 Å². The number of hydrogen-bond donors (Lipinski definition) is 2. The van der Waals surface area contributed by atoms with Crippen molar-refractivity contribution in [2.75, 3.05) is 11.9 Å². The molecule has 0 saturated heterocycles. The number of nitrogens with one attached hydrogen (secondary N) is 1. The fourth-order valence-corrected chi connectivity index (χ4v) is 4.54. The number of rotatable bonds is 7. The molecule has 1 atom stereocenters. The van der Waals surface area contributed by atoms with Crippen LogP contribution in [-0.4, -0.2) is 28.0 Å². The first kappa shape index (κ1) is 21.6. The van der Waals surface area contributed by atoms with Crippen molar-refractivity contribution in [3.63, 3.8) is 0 Å². The van der Waals surface area contributed by atoms with Gasteiger partial charge in [0.15, 0.2) is 11.8 Å². The second-order valence-corrected chi connectivity index (χ2v) is 8.37. The first-order chi connectivity index (χ1) is 15.4. The highest BCUT2D eigenvalue weighted by molar-refractivity contribution is 7.98. The number of aromatic nitrogens is 2. The average molecular weight is 451 g/mol. The molecule has 0 fully saturated rings. The molecule has 0 radical (unpaired) electrons. The Bertz CT molecular complexity index is 1210. The van der Waals surface area contributed by atoms with E-state index in [0.29, 0.717) is 28.0 Å². The van der Waals surface area contributed by atoms with Crippen molar-refractivity contribution < 1.29 is 14.3 Å². The van der Waals surface area contributed by atoms with Crippen molar-refractivity contribution in [1.29, 1.82) is 0 Å². The predicted molar refractivity (Wildman–Crippen MR) is 122 cm³/mol. The van der Waals surface area contributed by atoms with Crippen LogP contribution < -0.4 is 21.3 Å². The van der Waals surface area contributed by atoms with Gasteiger partial charge in [0, 0.05) is 25.1 Å². The number of hydrogen-bond acceptors (Lipinski definition) is 6. The van der Waals surface area contributed by atoms with Crippen molar-refractivity contribution in [3.8, 4) is 5.75 Å². The molecular formula is C23H22N4O4S. The average Bonchev–Trinajstić information content (AvgIpc) is 2.79. The maximum atomic E-state index is 13.0. The molecule has 1 aliphatic heterocycles. The lowest BCUT2D eigenvalue weighted by Gasteiger charge is -2.27. The molecule has 0 bridgehead atoms. The van der Waals surface area contributed by atoms with E-state index in [1.165, 1.54) is 11.8 Å². The first-order valence-corrected chi connectivity index (χ1v) is 11.0. The van der Waals surface area contributed by atoms with Crippen molar-refractivity contribution >= 4 is 29.4 Å². The van der Waals surface area contributed by atoms with E-state index >= 15 is 0 Å². The normalized spacial score (nSPS) is 15.0. The number of anilines is 1. The van der Waals surface area contributed by atoms with Crippen molar-refractivity contribution in [2.24, 2.45) is 12.8 Å². The highest BCUT2D eigenvalue weighted by atomic mass is 32.2. The Kier molecular flexibility index (Phi) is 6.27. The summed E-state index contributed by atoms with van der Waals surface area (Å²) < 4.78 is 7.05. The van der Waals surface area contributed by atoms with Gasteiger partial charge >= 0.3 is 0 Å². The maximum absolute atomic E-state index is 13.0. The Balaban J connectivity index is 1.63. The zero-order valence-corrected chi connectivity index (χ0v) is 18.2. The molecule has 2 aromatic carbocycles. The van der Waals surface area contributed by atoms with Gasteiger partial charge in [-0.1, -0.05) is 54.2 Å². The number of thioether (sulfide) groups is 1. The summed E-state index contributed by atoms with van der Waals surface area (Å²) in [7, 11) is 1.79. The van der Waals surface area contributed by atoms with E-state index in [4.69, 9.17) is 10.5 Å². The van der Waals surface area contributed by atoms with E-state index in [0.717, 1.165) is 11.1 Å². The number of primary amides is 1. The number of nitrogens with two attached hydrogens (primary N) is 1. The highest BCUT2D eigenvalue weighted by Crippen LogP contribution is 2.36. The molecule has 2 amide bonds. The summed E-state index contributed by atoms with van der Waals surface area (Å²) in [6.07, 6.45) is 0.141. The van der Waals surface area contributed by atoms with Gasteiger partial charge in [0.25, 0.3) is 11.5 Å². The number of ether oxygens (including phenoxy) is 1. The van der Waals surface area contributed by atoms with Crippen molar-refractivity contribution in [2.45, 2.75) is 23.2 Å². The molecule has 0 unspecified atom stereocenters. The quantitative estimate of drug-likeness (QED) is 0.422. The predicted octanol–water partition coefficient (Wildman–Crippen LogP) is 2.41. The van der Waals surface area contributed by atoms with E-state index in [1.807, 2.05) is 30.3 Å². The molecule has 0 aliphatic carbocycles. The molecule has 32 heavy (non-hydrogen) atoms. The lowest BCUT2D eigenvalue weighted by atomic mass is 9.87. The minimum atomic E-state index is -0.567. The van der Waals surface area contributed by atoms with E-state index in [9.17, 15) is 14.4 Å². The summed E-state index contributed by atoms with van der Waals surface area (Å²) in [5, 5.41) is 3.38. The van der Waals surface area contributed by atoms with Gasteiger partial charge in [-0.2, -0.15) is 4.98 Å². The number of carbonyl (C=O) groups excluding carboxylic acids is 2. The Labute approximate surface area is 188 Å². The minimum absolute atomic E-state index is 0.141. The molecule has 8 nitrogen and oxygen atoms in total. The molecule has 3 N–H and O–H groups in total. The third-order valence-corrected chi connectivity index (χ3v) is 6.28. The minimum Gasteiger partial charge on any atom is -0.484 e. The largest absolute Gasteiger partial charge is 0.484 e. The van der Waals surface area contributed by atoms with Crippen LogP contribution in [0.5, 0.6) is 5.75 Å². The number of amides is 2. The smallest absolute Gasteiger partial charge is 0.279 e. The van der Waals surface area contributed by atoms with E-state index in [1.54, 1.807) is 35.9 Å². The topological polar surface area (TPSA) is 116 Å². The Morgan fingerprint density at radius 1 is 1.19 bits per heavy atom. The third-order valence-electron chi connectivity index (χ3n) is 5.18. The second-order valence-electron chi connectivity index (χ2n) is 7.42. The Morgan fingerprint density at radius 2 is 1.91 bits per heavy atom. The van der Waals surface area contributed by atoms with Crippen LogP contribution in [0.1, 0.15) is 29.0 Å². The van der Waals surface area contributed by atoms with Crippen LogP contribution in [-0.2, 0) is 22.4 Å². The maximum Gasteiger partial charge on any atom is 0.279 e. The molecule has 164 valence electrons. The molecule has 1 aromatic heterocycles. The lowest BCUT2D eigenvalue weighted by molar-refractivity contribution is -0.120. The van der Waals surface area contributed by atoms with Gasteiger partial charge in [0.05, 0.1) is 5.56 Å². The van der Waals surface area contributed by atoms with E-state index in [-0.39, 0.29) is 24.5 Å². The zero-order valence-electron chi connectivity index (χ0n) is 17.4. The summed E-state index contributed by atoms with van der Waals surface area (Å²) in [4.78, 5) is 40.7. The molecule has 1 aliphatic rings. The van der Waals surface area contributed by atoms with Gasteiger partial charge in [0.2, 0.25) is 5.91 Å². The van der Waals surface area contributed by atoms with Crippen molar-refractivity contribution in [3.05, 3.63) is 81.6 Å². The van der Waals surface area contributed by atoms with Crippen LogP contribution in [0.15, 0.2) is 64.5 Å². The van der Waals surface area contributed by atoms with E-state index in [2.05, 4.69) is 10.3 Å². The fourth-order valence-electron chi connectivity index (χ4n) is 3.62. The number of benzene rings is 2. The summed E-state index contributed by atoms with van der Waals surface area (Å²) in [5.74, 6) is 0.439. The fraction of sp³-hybridized carbons (Fsp3) is 0.217. The molecule has 9 heteroatoms. The van der Waals surface area contributed by atoms with Gasteiger partial charge < -0.3 is 20.4 Å².